The van der Waals surface area contributed by atoms with E-state index in [0.717, 1.165) is 16.9 Å². The van der Waals surface area contributed by atoms with Gasteiger partial charge in [-0.1, -0.05) is 44.4 Å². The van der Waals surface area contributed by atoms with Crippen molar-refractivity contribution in [1.82, 2.24) is 0 Å². The van der Waals surface area contributed by atoms with Gasteiger partial charge in [-0.25, -0.2) is 0 Å². The van der Waals surface area contributed by atoms with Crippen LogP contribution in [0.5, 0.6) is 0 Å². The van der Waals surface area contributed by atoms with E-state index in [0.29, 0.717) is 6.04 Å². The predicted molar refractivity (Wildman–Crippen MR) is 80.4 cm³/mol. The lowest BCUT2D eigenvalue weighted by Crippen LogP contribution is -2.29. The van der Waals surface area contributed by atoms with E-state index in [4.69, 9.17) is 11.6 Å². The van der Waals surface area contributed by atoms with E-state index in [2.05, 4.69) is 32.2 Å². The van der Waals surface area contributed by atoms with Crippen LogP contribution in [0.1, 0.15) is 45.1 Å². The first-order valence-electron chi connectivity index (χ1n) is 7.09. The zero-order valence-corrected chi connectivity index (χ0v) is 12.4. The van der Waals surface area contributed by atoms with E-state index >= 15 is 0 Å². The maximum atomic E-state index is 6.17. The van der Waals surface area contributed by atoms with E-state index in [1.807, 2.05) is 12.1 Å². The molecule has 0 bridgehead atoms. The Labute approximate surface area is 116 Å². The highest BCUT2D eigenvalue weighted by Gasteiger charge is 2.24. The second-order valence-corrected chi connectivity index (χ2v) is 6.33. The van der Waals surface area contributed by atoms with Gasteiger partial charge in [-0.05, 0) is 49.3 Å². The topological polar surface area (TPSA) is 12.0 Å². The molecule has 100 valence electrons. The Morgan fingerprint density at radius 2 is 2.06 bits per heavy atom. The minimum Gasteiger partial charge on any atom is -0.382 e. The second kappa shape index (κ2) is 5.97. The van der Waals surface area contributed by atoms with Gasteiger partial charge >= 0.3 is 0 Å². The molecule has 1 aromatic carbocycles. The van der Waals surface area contributed by atoms with E-state index < -0.39 is 0 Å². The van der Waals surface area contributed by atoms with Gasteiger partial charge in [0.15, 0.2) is 0 Å². The van der Waals surface area contributed by atoms with Crippen LogP contribution in [0.4, 0.5) is 5.69 Å². The van der Waals surface area contributed by atoms with Gasteiger partial charge in [0.05, 0.1) is 0 Å². The van der Waals surface area contributed by atoms with Crippen molar-refractivity contribution >= 4 is 17.3 Å². The van der Waals surface area contributed by atoms with Crippen molar-refractivity contribution in [3.8, 4) is 0 Å². The molecule has 1 aliphatic rings. The molecule has 1 saturated carbocycles. The third-order valence-electron chi connectivity index (χ3n) is 4.28. The summed E-state index contributed by atoms with van der Waals surface area (Å²) in [6.45, 7) is 6.78. The SMILES string of the molecule is Cc1c(Cl)cccc1NC1CCCC(C(C)C)C1. The third kappa shape index (κ3) is 3.20. The predicted octanol–water partition coefficient (Wildman–Crippen LogP) is 5.28. The van der Waals surface area contributed by atoms with Crippen molar-refractivity contribution in [2.24, 2.45) is 11.8 Å². The number of anilines is 1. The lowest BCUT2D eigenvalue weighted by molar-refractivity contribution is 0.264. The Bertz CT molecular complexity index is 400. The first-order chi connectivity index (χ1) is 8.58. The van der Waals surface area contributed by atoms with Gasteiger partial charge in [-0.3, -0.25) is 0 Å². The number of nitrogens with one attached hydrogen (secondary N) is 1. The van der Waals surface area contributed by atoms with Crippen LogP contribution in [0.3, 0.4) is 0 Å². The molecule has 2 unspecified atom stereocenters. The summed E-state index contributed by atoms with van der Waals surface area (Å²) in [6.07, 6.45) is 5.32. The van der Waals surface area contributed by atoms with Crippen molar-refractivity contribution in [3.63, 3.8) is 0 Å². The monoisotopic (exact) mass is 265 g/mol. The number of halogens is 1. The Morgan fingerprint density at radius 1 is 1.28 bits per heavy atom. The van der Waals surface area contributed by atoms with Crippen molar-refractivity contribution < 1.29 is 0 Å². The molecule has 1 aliphatic carbocycles. The molecule has 0 aliphatic heterocycles. The fourth-order valence-corrected chi connectivity index (χ4v) is 3.12. The van der Waals surface area contributed by atoms with Gasteiger partial charge in [0, 0.05) is 16.8 Å². The molecule has 18 heavy (non-hydrogen) atoms. The summed E-state index contributed by atoms with van der Waals surface area (Å²) in [5.41, 5.74) is 2.38. The molecule has 2 atom stereocenters. The molecule has 0 spiro atoms. The number of hydrogen-bond acceptors (Lipinski definition) is 1. The summed E-state index contributed by atoms with van der Waals surface area (Å²) in [5.74, 6) is 1.67. The van der Waals surface area contributed by atoms with Crippen LogP contribution in [-0.4, -0.2) is 6.04 Å². The highest BCUT2D eigenvalue weighted by Crippen LogP contribution is 2.32. The molecule has 1 N–H and O–H groups in total. The average molecular weight is 266 g/mol. The van der Waals surface area contributed by atoms with Crippen LogP contribution >= 0.6 is 11.6 Å². The Kier molecular flexibility index (Phi) is 4.55. The van der Waals surface area contributed by atoms with Gasteiger partial charge < -0.3 is 5.32 Å². The molecular formula is C16H24ClN. The van der Waals surface area contributed by atoms with Crippen LogP contribution in [-0.2, 0) is 0 Å². The zero-order valence-electron chi connectivity index (χ0n) is 11.7. The molecular weight excluding hydrogens is 242 g/mol. The van der Waals surface area contributed by atoms with Crippen molar-refractivity contribution in [1.29, 1.82) is 0 Å². The standard InChI is InChI=1S/C16H24ClN/c1-11(2)13-6-4-7-14(10-13)18-16-9-5-8-15(17)12(16)3/h5,8-9,11,13-14,18H,4,6-7,10H2,1-3H3. The van der Waals surface area contributed by atoms with Crippen LogP contribution in [0.25, 0.3) is 0 Å². The highest BCUT2D eigenvalue weighted by molar-refractivity contribution is 6.31. The fourth-order valence-electron chi connectivity index (χ4n) is 2.95. The summed E-state index contributed by atoms with van der Waals surface area (Å²) in [7, 11) is 0. The average Bonchev–Trinajstić information content (AvgIpc) is 2.35. The highest BCUT2D eigenvalue weighted by atomic mass is 35.5. The lowest BCUT2D eigenvalue weighted by atomic mass is 9.79. The maximum Gasteiger partial charge on any atom is 0.0455 e. The van der Waals surface area contributed by atoms with Gasteiger partial charge in [0.1, 0.15) is 0 Å². The number of hydrogen-bond donors (Lipinski definition) is 1. The molecule has 0 heterocycles. The van der Waals surface area contributed by atoms with Gasteiger partial charge in [-0.2, -0.15) is 0 Å². The second-order valence-electron chi connectivity index (χ2n) is 5.92. The molecule has 2 heteroatoms. The van der Waals surface area contributed by atoms with Gasteiger partial charge in [-0.15, -0.1) is 0 Å². The molecule has 2 rings (SSSR count). The van der Waals surface area contributed by atoms with Gasteiger partial charge in [0.25, 0.3) is 0 Å². The summed E-state index contributed by atoms with van der Waals surface area (Å²) < 4.78 is 0. The summed E-state index contributed by atoms with van der Waals surface area (Å²) >= 11 is 6.17. The zero-order chi connectivity index (χ0) is 13.1. The van der Waals surface area contributed by atoms with E-state index in [1.165, 1.54) is 36.9 Å². The van der Waals surface area contributed by atoms with Crippen LogP contribution < -0.4 is 5.32 Å². The van der Waals surface area contributed by atoms with Crippen LogP contribution in [0, 0.1) is 18.8 Å². The Balaban J connectivity index is 2.03. The first kappa shape index (κ1) is 13.7. The van der Waals surface area contributed by atoms with E-state index in [-0.39, 0.29) is 0 Å². The van der Waals surface area contributed by atoms with Crippen molar-refractivity contribution in [2.45, 2.75) is 52.5 Å². The lowest BCUT2D eigenvalue weighted by Gasteiger charge is -2.33. The van der Waals surface area contributed by atoms with E-state index in [9.17, 15) is 0 Å². The van der Waals surface area contributed by atoms with Crippen LogP contribution in [0.15, 0.2) is 18.2 Å². The maximum absolute atomic E-state index is 6.17. The summed E-state index contributed by atoms with van der Waals surface area (Å²) in [5, 5.41) is 4.55. The van der Waals surface area contributed by atoms with Crippen molar-refractivity contribution in [3.05, 3.63) is 28.8 Å². The fraction of sp³-hybridized carbons (Fsp3) is 0.625. The minimum atomic E-state index is 0.614. The summed E-state index contributed by atoms with van der Waals surface area (Å²) in [4.78, 5) is 0. The smallest absolute Gasteiger partial charge is 0.0455 e. The molecule has 0 aromatic heterocycles. The Morgan fingerprint density at radius 3 is 2.78 bits per heavy atom. The quantitative estimate of drug-likeness (QED) is 0.785. The summed E-state index contributed by atoms with van der Waals surface area (Å²) in [6, 6.07) is 6.74. The molecule has 0 radical (unpaired) electrons. The normalized spacial score (nSPS) is 24.3. The van der Waals surface area contributed by atoms with Crippen molar-refractivity contribution in [2.75, 3.05) is 5.32 Å². The number of benzene rings is 1. The molecule has 0 saturated heterocycles. The van der Waals surface area contributed by atoms with Crippen LogP contribution in [0.2, 0.25) is 5.02 Å². The Hall–Kier alpha value is -0.690. The third-order valence-corrected chi connectivity index (χ3v) is 4.69. The largest absolute Gasteiger partial charge is 0.382 e. The van der Waals surface area contributed by atoms with Gasteiger partial charge in [0.2, 0.25) is 0 Å². The number of rotatable bonds is 3. The molecule has 1 nitrogen and oxygen atoms in total. The molecule has 1 fully saturated rings. The minimum absolute atomic E-state index is 0.614. The first-order valence-corrected chi connectivity index (χ1v) is 7.47. The molecule has 1 aromatic rings. The van der Waals surface area contributed by atoms with E-state index in [1.54, 1.807) is 0 Å². The molecule has 0 amide bonds.